The maximum Gasteiger partial charge on any atom is 0.501 e. The standard InChI is InChI=1S/C22H27F3N6O3S/c1-13-11-31(12-13)16-4-7-19(14(8-16)9-26)29-10-18(21(28)32)20(27)30-15-2-5-17(6-3-15)35(33,34)22(23,24)25/h2-3,5-6,10,13-14,16,19,29H,4,7-8,11-12H2,1H3,(H2,27,30)(H2,28,32)/b18-10+/t14-,16-,19+/m1/s1. The van der Waals surface area contributed by atoms with E-state index in [1.807, 2.05) is 0 Å². The number of amidine groups is 1. The van der Waals surface area contributed by atoms with E-state index in [0.29, 0.717) is 24.8 Å². The number of halogens is 3. The normalized spacial score (nSPS) is 24.2. The van der Waals surface area contributed by atoms with Crippen LogP contribution in [0.4, 0.5) is 18.9 Å². The second kappa shape index (κ2) is 10.2. The Bertz CT molecular complexity index is 1140. The van der Waals surface area contributed by atoms with Gasteiger partial charge in [-0.25, -0.2) is 8.42 Å². The van der Waals surface area contributed by atoms with E-state index in [4.69, 9.17) is 11.1 Å². The van der Waals surface area contributed by atoms with Crippen molar-refractivity contribution in [3.05, 3.63) is 36.0 Å². The fourth-order valence-electron chi connectivity index (χ4n) is 4.39. The number of carbonyl (C=O) groups is 1. The topological polar surface area (TPSA) is 152 Å². The molecule has 190 valence electrons. The lowest BCUT2D eigenvalue weighted by Gasteiger charge is -2.46. The lowest BCUT2D eigenvalue weighted by molar-refractivity contribution is -0.114. The third-order valence-electron chi connectivity index (χ3n) is 6.31. The van der Waals surface area contributed by atoms with Crippen LogP contribution < -0.4 is 16.4 Å². The number of carbonyl (C=O) groups excluding carboxylic acids is 1. The van der Waals surface area contributed by atoms with Gasteiger partial charge in [0.05, 0.1) is 22.5 Å². The van der Waals surface area contributed by atoms with Gasteiger partial charge in [-0.3, -0.25) is 15.1 Å². The molecular weight excluding hydrogens is 485 g/mol. The summed E-state index contributed by atoms with van der Waals surface area (Å²) >= 11 is 0. The fourth-order valence-corrected chi connectivity index (χ4v) is 5.15. The third-order valence-corrected chi connectivity index (χ3v) is 7.81. The van der Waals surface area contributed by atoms with E-state index in [2.05, 4.69) is 28.5 Å². The number of likely N-dealkylation sites (tertiary alicyclic amines) is 1. The molecule has 2 fully saturated rings. The van der Waals surface area contributed by atoms with Crippen molar-refractivity contribution in [2.24, 2.45) is 17.6 Å². The number of rotatable bonds is 7. The zero-order chi connectivity index (χ0) is 26.0. The fraction of sp³-hybridized carbons (Fsp3) is 0.500. The minimum atomic E-state index is -5.50. The number of hydrogen-bond acceptors (Lipinski definition) is 7. The molecule has 3 atom stereocenters. The summed E-state index contributed by atoms with van der Waals surface area (Å²) in [5.41, 5.74) is -0.178. The molecule has 0 bridgehead atoms. The van der Waals surface area contributed by atoms with Gasteiger partial charge in [-0.15, -0.1) is 0 Å². The van der Waals surface area contributed by atoms with Gasteiger partial charge in [-0.1, -0.05) is 6.92 Å². The maximum atomic E-state index is 12.7. The van der Waals surface area contributed by atoms with E-state index in [9.17, 15) is 31.6 Å². The quantitative estimate of drug-likeness (QED) is 0.249. The molecule has 35 heavy (non-hydrogen) atoms. The maximum absolute atomic E-state index is 12.7. The first-order valence-electron chi connectivity index (χ1n) is 11.0. The van der Waals surface area contributed by atoms with Crippen molar-refractivity contribution in [2.75, 3.05) is 18.4 Å². The minimum Gasteiger partial charge on any atom is -0.386 e. The van der Waals surface area contributed by atoms with Crippen LogP contribution in [0, 0.1) is 28.6 Å². The summed E-state index contributed by atoms with van der Waals surface area (Å²) in [7, 11) is -5.50. The predicted molar refractivity (Wildman–Crippen MR) is 123 cm³/mol. The number of nitrogens with one attached hydrogen (secondary N) is 3. The molecule has 1 amide bonds. The number of nitrogens with two attached hydrogens (primary N) is 1. The first-order valence-corrected chi connectivity index (χ1v) is 12.5. The molecule has 0 spiro atoms. The van der Waals surface area contributed by atoms with E-state index in [1.165, 1.54) is 6.20 Å². The van der Waals surface area contributed by atoms with Gasteiger partial charge in [0.25, 0.3) is 15.7 Å². The molecule has 1 aliphatic heterocycles. The molecule has 1 saturated carbocycles. The Morgan fingerprint density at radius 1 is 1.26 bits per heavy atom. The van der Waals surface area contributed by atoms with Crippen molar-refractivity contribution in [1.29, 1.82) is 10.7 Å². The largest absolute Gasteiger partial charge is 0.501 e. The highest BCUT2D eigenvalue weighted by Gasteiger charge is 2.46. The smallest absolute Gasteiger partial charge is 0.386 e. The van der Waals surface area contributed by atoms with Crippen LogP contribution in [0.15, 0.2) is 40.9 Å². The van der Waals surface area contributed by atoms with Crippen molar-refractivity contribution in [3.63, 3.8) is 0 Å². The van der Waals surface area contributed by atoms with Gasteiger partial charge in [0, 0.05) is 37.1 Å². The van der Waals surface area contributed by atoms with Crippen molar-refractivity contribution in [1.82, 2.24) is 10.2 Å². The second-order valence-corrected chi connectivity index (χ2v) is 10.9. The Morgan fingerprint density at radius 2 is 1.89 bits per heavy atom. The van der Waals surface area contributed by atoms with Crippen LogP contribution in [0.2, 0.25) is 0 Å². The molecule has 5 N–H and O–H groups in total. The van der Waals surface area contributed by atoms with Crippen molar-refractivity contribution in [3.8, 4) is 6.07 Å². The molecule has 0 unspecified atom stereocenters. The monoisotopic (exact) mass is 512 g/mol. The van der Waals surface area contributed by atoms with Gasteiger partial charge in [0.2, 0.25) is 0 Å². The summed E-state index contributed by atoms with van der Waals surface area (Å²) in [6.45, 7) is 4.24. The summed E-state index contributed by atoms with van der Waals surface area (Å²) in [5.74, 6) is -0.993. The molecule has 1 aliphatic carbocycles. The molecule has 1 heterocycles. The summed E-state index contributed by atoms with van der Waals surface area (Å²) in [6, 6.07) is 6.02. The van der Waals surface area contributed by atoms with Crippen LogP contribution in [-0.4, -0.2) is 55.7 Å². The predicted octanol–water partition coefficient (Wildman–Crippen LogP) is 2.34. The molecule has 2 aliphatic rings. The lowest BCUT2D eigenvalue weighted by Crippen LogP contribution is -2.54. The Labute approximate surface area is 201 Å². The van der Waals surface area contributed by atoms with Crippen LogP contribution >= 0.6 is 0 Å². The van der Waals surface area contributed by atoms with E-state index in [1.54, 1.807) is 0 Å². The third kappa shape index (κ3) is 5.94. The average Bonchev–Trinajstić information content (AvgIpc) is 2.76. The highest BCUT2D eigenvalue weighted by atomic mass is 32.2. The Morgan fingerprint density at radius 3 is 2.40 bits per heavy atom. The number of primary amides is 1. The number of anilines is 1. The zero-order valence-corrected chi connectivity index (χ0v) is 19.8. The molecule has 9 nitrogen and oxygen atoms in total. The van der Waals surface area contributed by atoms with Crippen LogP contribution in [0.3, 0.4) is 0 Å². The highest BCUT2D eigenvalue weighted by Crippen LogP contribution is 2.32. The lowest BCUT2D eigenvalue weighted by atomic mass is 9.80. The minimum absolute atomic E-state index is 0.0856. The van der Waals surface area contributed by atoms with Crippen molar-refractivity contribution >= 4 is 27.3 Å². The van der Waals surface area contributed by atoms with Crippen LogP contribution in [0.25, 0.3) is 0 Å². The highest BCUT2D eigenvalue weighted by molar-refractivity contribution is 7.92. The van der Waals surface area contributed by atoms with Gasteiger partial charge in [-0.05, 0) is 49.4 Å². The van der Waals surface area contributed by atoms with Gasteiger partial charge in [-0.2, -0.15) is 18.4 Å². The van der Waals surface area contributed by atoms with Crippen molar-refractivity contribution < 1.29 is 26.4 Å². The Balaban J connectivity index is 1.65. The molecule has 3 rings (SSSR count). The molecular formula is C22H27F3N6O3S. The number of hydrogen-bond donors (Lipinski definition) is 4. The van der Waals surface area contributed by atoms with Crippen LogP contribution in [0.1, 0.15) is 26.2 Å². The van der Waals surface area contributed by atoms with Gasteiger partial charge >= 0.3 is 5.51 Å². The first-order chi connectivity index (χ1) is 16.3. The number of nitriles is 1. The average molecular weight is 513 g/mol. The van der Waals surface area contributed by atoms with Gasteiger partial charge in [0.15, 0.2) is 0 Å². The number of alkyl halides is 3. The van der Waals surface area contributed by atoms with Gasteiger partial charge < -0.3 is 16.4 Å². The molecule has 0 aromatic heterocycles. The molecule has 13 heteroatoms. The molecule has 0 radical (unpaired) electrons. The SMILES string of the molecule is CC1CN([C@@H]2CC[C@H](N/C=C(\C(=N)Nc3ccc(S(=O)(=O)C(F)(F)F)cc3)C(N)=O)[C@@H](C#N)C2)C1. The molecule has 1 aromatic carbocycles. The van der Waals surface area contributed by atoms with Crippen molar-refractivity contribution in [2.45, 2.75) is 48.7 Å². The van der Waals surface area contributed by atoms with Crippen LogP contribution in [-0.2, 0) is 14.6 Å². The second-order valence-electron chi connectivity index (χ2n) is 8.93. The number of benzene rings is 1. The summed E-state index contributed by atoms with van der Waals surface area (Å²) in [6.07, 6.45) is 3.56. The first kappa shape index (κ1) is 26.5. The number of sulfone groups is 1. The molecule has 1 aromatic rings. The molecule has 1 saturated heterocycles. The van der Waals surface area contributed by atoms with E-state index >= 15 is 0 Å². The summed E-state index contributed by atoms with van der Waals surface area (Å²) in [5, 5.41) is 23.3. The Kier molecular flexibility index (Phi) is 7.76. The van der Waals surface area contributed by atoms with Crippen LogP contribution in [0.5, 0.6) is 0 Å². The van der Waals surface area contributed by atoms with Gasteiger partial charge in [0.1, 0.15) is 5.84 Å². The summed E-state index contributed by atoms with van der Waals surface area (Å²) < 4.78 is 61.0. The number of nitrogens with zero attached hydrogens (tertiary/aromatic N) is 2. The van der Waals surface area contributed by atoms with E-state index in [-0.39, 0.29) is 23.2 Å². The number of amides is 1. The zero-order valence-electron chi connectivity index (χ0n) is 19.0. The Hall–Kier alpha value is -3.11. The van der Waals surface area contributed by atoms with E-state index < -0.39 is 32.0 Å². The van der Waals surface area contributed by atoms with E-state index in [0.717, 1.165) is 43.8 Å². The summed E-state index contributed by atoms with van der Waals surface area (Å²) in [4.78, 5) is 13.4.